The number of esters is 1. The fourth-order valence-corrected chi connectivity index (χ4v) is 1.29. The molecule has 1 aromatic heterocycles. The lowest BCUT2D eigenvalue weighted by atomic mass is 10.3. The summed E-state index contributed by atoms with van der Waals surface area (Å²) in [5.74, 6) is 0.0311. The molecule has 94 valence electrons. The van der Waals surface area contributed by atoms with Crippen LogP contribution in [0, 0.1) is 0 Å². The zero-order valence-corrected chi connectivity index (χ0v) is 9.81. The molecule has 1 heterocycles. The summed E-state index contributed by atoms with van der Waals surface area (Å²) in [5.41, 5.74) is 0.782. The predicted molar refractivity (Wildman–Crippen MR) is 61.3 cm³/mol. The first kappa shape index (κ1) is 12.2. The Morgan fingerprint density at radius 2 is 2.11 bits per heavy atom. The molecule has 0 saturated heterocycles. The van der Waals surface area contributed by atoms with Crippen LogP contribution in [0.15, 0.2) is 30.6 Å². The van der Waals surface area contributed by atoms with E-state index in [1.165, 1.54) is 11.0 Å². The minimum absolute atomic E-state index is 0.0503. The van der Waals surface area contributed by atoms with Gasteiger partial charge < -0.3 is 9.47 Å². The quantitative estimate of drug-likeness (QED) is 0.569. The van der Waals surface area contributed by atoms with Crippen LogP contribution in [0.3, 0.4) is 0 Å². The van der Waals surface area contributed by atoms with E-state index in [-0.39, 0.29) is 6.61 Å². The van der Waals surface area contributed by atoms with Crippen molar-refractivity contribution >= 4 is 5.97 Å². The van der Waals surface area contributed by atoms with Crippen molar-refractivity contribution in [2.75, 3.05) is 13.2 Å². The van der Waals surface area contributed by atoms with Gasteiger partial charge in [0.2, 0.25) is 0 Å². The van der Waals surface area contributed by atoms with Crippen molar-refractivity contribution in [3.63, 3.8) is 0 Å². The van der Waals surface area contributed by atoms with Crippen LogP contribution in [-0.2, 0) is 9.53 Å². The molecule has 0 atom stereocenters. The second-order valence-corrected chi connectivity index (χ2v) is 3.36. The molecule has 0 amide bonds. The Kier molecular flexibility index (Phi) is 3.98. The average Bonchev–Trinajstić information content (AvgIpc) is 2.91. The third kappa shape index (κ3) is 3.11. The molecule has 2 rings (SSSR count). The molecule has 0 saturated carbocycles. The molecule has 0 aliphatic rings. The van der Waals surface area contributed by atoms with Gasteiger partial charge in [0.25, 0.3) is 0 Å². The highest BCUT2D eigenvalue weighted by Crippen LogP contribution is 2.14. The number of aromatic nitrogens is 4. The molecule has 7 heteroatoms. The third-order valence-electron chi connectivity index (χ3n) is 2.11. The lowest BCUT2D eigenvalue weighted by Crippen LogP contribution is -2.15. The largest absolute Gasteiger partial charge is 0.425 e. The molecule has 0 aliphatic carbocycles. The summed E-state index contributed by atoms with van der Waals surface area (Å²) >= 11 is 0. The summed E-state index contributed by atoms with van der Waals surface area (Å²) in [6, 6.07) is 6.83. The Morgan fingerprint density at radius 3 is 2.72 bits per heavy atom. The topological polar surface area (TPSA) is 79.1 Å². The Balaban J connectivity index is 1.98. The smallest absolute Gasteiger partial charge is 0.337 e. The van der Waals surface area contributed by atoms with Gasteiger partial charge in [-0.05, 0) is 41.6 Å². The first-order valence-electron chi connectivity index (χ1n) is 5.41. The first-order valence-corrected chi connectivity index (χ1v) is 5.41. The van der Waals surface area contributed by atoms with Crippen LogP contribution in [0.5, 0.6) is 5.75 Å². The van der Waals surface area contributed by atoms with E-state index in [1.807, 2.05) is 6.92 Å². The number of nitrogens with zero attached hydrogens (tertiary/aromatic N) is 4. The van der Waals surface area contributed by atoms with Gasteiger partial charge in [0.05, 0.1) is 5.69 Å². The molecule has 0 radical (unpaired) electrons. The lowest BCUT2D eigenvalue weighted by molar-refractivity contribution is -0.139. The second-order valence-electron chi connectivity index (χ2n) is 3.36. The third-order valence-corrected chi connectivity index (χ3v) is 2.11. The maximum atomic E-state index is 11.3. The molecule has 2 aromatic rings. The fraction of sp³-hybridized carbons (Fsp3) is 0.273. The number of benzene rings is 1. The lowest BCUT2D eigenvalue weighted by Gasteiger charge is -2.05. The number of hydrogen-bond donors (Lipinski definition) is 0. The van der Waals surface area contributed by atoms with Gasteiger partial charge in [-0.1, -0.05) is 0 Å². The fourth-order valence-electron chi connectivity index (χ4n) is 1.29. The minimum Gasteiger partial charge on any atom is -0.425 e. The normalized spacial score (nSPS) is 10.3. The van der Waals surface area contributed by atoms with Crippen molar-refractivity contribution in [1.29, 1.82) is 0 Å². The molecule has 7 nitrogen and oxygen atoms in total. The van der Waals surface area contributed by atoms with Crippen LogP contribution in [0.1, 0.15) is 6.92 Å². The zero-order valence-electron chi connectivity index (χ0n) is 9.81. The molecule has 0 bridgehead atoms. The van der Waals surface area contributed by atoms with Gasteiger partial charge in [-0.2, -0.15) is 0 Å². The van der Waals surface area contributed by atoms with Crippen molar-refractivity contribution in [1.82, 2.24) is 20.2 Å². The van der Waals surface area contributed by atoms with Crippen LogP contribution in [0.2, 0.25) is 0 Å². The Hall–Kier alpha value is -2.28. The molecule has 0 N–H and O–H groups in total. The molecule has 0 fully saturated rings. The molecule has 0 unspecified atom stereocenters. The van der Waals surface area contributed by atoms with Crippen LogP contribution in [-0.4, -0.2) is 39.4 Å². The summed E-state index contributed by atoms with van der Waals surface area (Å²) in [4.78, 5) is 11.3. The van der Waals surface area contributed by atoms with Crippen molar-refractivity contribution < 1.29 is 14.3 Å². The standard InChI is InChI=1S/C11H12N4O3/c1-2-17-7-11(16)18-10-5-3-9(4-6-10)15-8-12-13-14-15/h3-6,8H,2,7H2,1H3. The second kappa shape index (κ2) is 5.87. The summed E-state index contributed by atoms with van der Waals surface area (Å²) in [5, 5.41) is 10.8. The van der Waals surface area contributed by atoms with Gasteiger partial charge in [-0.3, -0.25) is 0 Å². The molecule has 0 aliphatic heterocycles. The number of carbonyl (C=O) groups is 1. The van der Waals surface area contributed by atoms with E-state index < -0.39 is 5.97 Å². The van der Waals surface area contributed by atoms with Crippen molar-refractivity contribution in [3.8, 4) is 11.4 Å². The first-order chi connectivity index (χ1) is 8.79. The van der Waals surface area contributed by atoms with Crippen LogP contribution in [0.4, 0.5) is 0 Å². The van der Waals surface area contributed by atoms with Gasteiger partial charge >= 0.3 is 5.97 Å². The van der Waals surface area contributed by atoms with E-state index in [4.69, 9.17) is 9.47 Å². The maximum absolute atomic E-state index is 11.3. The monoisotopic (exact) mass is 248 g/mol. The van der Waals surface area contributed by atoms with Gasteiger partial charge in [0, 0.05) is 6.61 Å². The Labute approximate surface area is 103 Å². The maximum Gasteiger partial charge on any atom is 0.337 e. The number of hydrogen-bond acceptors (Lipinski definition) is 6. The van der Waals surface area contributed by atoms with E-state index in [0.29, 0.717) is 12.4 Å². The van der Waals surface area contributed by atoms with Crippen molar-refractivity contribution in [3.05, 3.63) is 30.6 Å². The highest BCUT2D eigenvalue weighted by Gasteiger charge is 2.05. The Bertz CT molecular complexity index is 496. The van der Waals surface area contributed by atoms with Crippen LogP contribution < -0.4 is 4.74 Å². The number of carbonyl (C=O) groups excluding carboxylic acids is 1. The number of tetrazole rings is 1. The number of ether oxygens (including phenoxy) is 2. The van der Waals surface area contributed by atoms with E-state index in [1.54, 1.807) is 24.3 Å². The molecule has 18 heavy (non-hydrogen) atoms. The summed E-state index contributed by atoms with van der Waals surface area (Å²) < 4.78 is 11.5. The van der Waals surface area contributed by atoms with Gasteiger partial charge in [-0.25, -0.2) is 9.48 Å². The van der Waals surface area contributed by atoms with Gasteiger partial charge in [0.1, 0.15) is 18.7 Å². The van der Waals surface area contributed by atoms with E-state index in [0.717, 1.165) is 5.69 Å². The number of rotatable bonds is 5. The summed E-state index contributed by atoms with van der Waals surface area (Å²) in [6.45, 7) is 2.24. The summed E-state index contributed by atoms with van der Waals surface area (Å²) in [6.07, 6.45) is 1.48. The minimum atomic E-state index is -0.424. The van der Waals surface area contributed by atoms with E-state index >= 15 is 0 Å². The van der Waals surface area contributed by atoms with Gasteiger partial charge in [-0.15, -0.1) is 5.10 Å². The van der Waals surface area contributed by atoms with Crippen LogP contribution >= 0.6 is 0 Å². The molecular weight excluding hydrogens is 236 g/mol. The van der Waals surface area contributed by atoms with E-state index in [2.05, 4.69) is 15.5 Å². The average molecular weight is 248 g/mol. The zero-order chi connectivity index (χ0) is 12.8. The molecular formula is C11H12N4O3. The van der Waals surface area contributed by atoms with Crippen molar-refractivity contribution in [2.24, 2.45) is 0 Å². The Morgan fingerprint density at radius 1 is 1.33 bits per heavy atom. The predicted octanol–water partition coefficient (Wildman–Crippen LogP) is 0.604. The van der Waals surface area contributed by atoms with E-state index in [9.17, 15) is 4.79 Å². The molecule has 1 aromatic carbocycles. The van der Waals surface area contributed by atoms with Gasteiger partial charge in [0.15, 0.2) is 0 Å². The SMILES string of the molecule is CCOCC(=O)Oc1ccc(-n2cnnn2)cc1. The van der Waals surface area contributed by atoms with Crippen LogP contribution in [0.25, 0.3) is 5.69 Å². The summed E-state index contributed by atoms with van der Waals surface area (Å²) in [7, 11) is 0. The highest BCUT2D eigenvalue weighted by atomic mass is 16.6. The van der Waals surface area contributed by atoms with Crippen molar-refractivity contribution in [2.45, 2.75) is 6.92 Å². The molecule has 0 spiro atoms. The highest BCUT2D eigenvalue weighted by molar-refractivity contribution is 5.73.